The zero-order valence-corrected chi connectivity index (χ0v) is 16.9. The Kier molecular flexibility index (Phi) is 5.92. The van der Waals surface area contributed by atoms with E-state index in [0.717, 1.165) is 42.1 Å². The summed E-state index contributed by atoms with van der Waals surface area (Å²) in [6.45, 7) is 4.71. The molecule has 8 nitrogen and oxygen atoms in total. The summed E-state index contributed by atoms with van der Waals surface area (Å²) in [5.41, 5.74) is 2.46. The van der Waals surface area contributed by atoms with Gasteiger partial charge in [-0.1, -0.05) is 0 Å². The number of morpholine rings is 1. The predicted octanol–water partition coefficient (Wildman–Crippen LogP) is 2.80. The first kappa shape index (κ1) is 19.6. The zero-order chi connectivity index (χ0) is 20.2. The van der Waals surface area contributed by atoms with Gasteiger partial charge in [0.15, 0.2) is 5.82 Å². The highest BCUT2D eigenvalue weighted by molar-refractivity contribution is 5.89. The molecule has 0 unspecified atom stereocenters. The summed E-state index contributed by atoms with van der Waals surface area (Å²) in [5.74, 6) is 1.52. The lowest BCUT2D eigenvalue weighted by Crippen LogP contribution is -2.44. The minimum Gasteiger partial charge on any atom is -0.378 e. The highest BCUT2D eigenvalue weighted by Crippen LogP contribution is 2.25. The Morgan fingerprint density at radius 3 is 2.76 bits per heavy atom. The van der Waals surface area contributed by atoms with Crippen LogP contribution < -0.4 is 15.5 Å². The number of amides is 2. The van der Waals surface area contributed by atoms with Crippen LogP contribution in [-0.2, 0) is 16.1 Å². The first-order valence-electron chi connectivity index (χ1n) is 10.0. The SMILES string of the molecule is COCc1cc(N2CCOC[C@@H]2C)nc(-c2ccc(NC(=O)NC3CC3)cc2)n1. The molecule has 1 saturated carbocycles. The van der Waals surface area contributed by atoms with E-state index in [4.69, 9.17) is 14.5 Å². The molecule has 2 aliphatic rings. The third-order valence-electron chi connectivity index (χ3n) is 5.03. The Balaban J connectivity index is 1.55. The molecule has 0 bridgehead atoms. The van der Waals surface area contributed by atoms with Crippen molar-refractivity contribution in [2.45, 2.75) is 38.5 Å². The van der Waals surface area contributed by atoms with Gasteiger partial charge in [-0.05, 0) is 44.0 Å². The van der Waals surface area contributed by atoms with Crippen LogP contribution in [0.25, 0.3) is 11.4 Å². The summed E-state index contributed by atoms with van der Waals surface area (Å²) in [6, 6.07) is 9.97. The number of urea groups is 1. The van der Waals surface area contributed by atoms with E-state index < -0.39 is 0 Å². The van der Waals surface area contributed by atoms with Gasteiger partial charge in [0.1, 0.15) is 5.82 Å². The Bertz CT molecular complexity index is 854. The van der Waals surface area contributed by atoms with Crippen molar-refractivity contribution >= 4 is 17.5 Å². The van der Waals surface area contributed by atoms with Crippen LogP contribution in [0.5, 0.6) is 0 Å². The lowest BCUT2D eigenvalue weighted by molar-refractivity contribution is 0.0985. The smallest absolute Gasteiger partial charge is 0.319 e. The summed E-state index contributed by atoms with van der Waals surface area (Å²) in [7, 11) is 1.66. The van der Waals surface area contributed by atoms with Crippen molar-refractivity contribution in [3.8, 4) is 11.4 Å². The second-order valence-electron chi connectivity index (χ2n) is 7.54. The number of rotatable bonds is 6. The van der Waals surface area contributed by atoms with Crippen LogP contribution in [0.4, 0.5) is 16.3 Å². The third kappa shape index (κ3) is 5.02. The van der Waals surface area contributed by atoms with Crippen molar-refractivity contribution in [1.82, 2.24) is 15.3 Å². The normalized spacial score (nSPS) is 19.1. The minimum atomic E-state index is -0.165. The number of nitrogens with zero attached hydrogens (tertiary/aromatic N) is 3. The van der Waals surface area contributed by atoms with E-state index in [0.29, 0.717) is 31.7 Å². The predicted molar refractivity (Wildman–Crippen MR) is 111 cm³/mol. The quantitative estimate of drug-likeness (QED) is 0.779. The van der Waals surface area contributed by atoms with Gasteiger partial charge in [-0.3, -0.25) is 0 Å². The van der Waals surface area contributed by atoms with Crippen molar-refractivity contribution in [2.24, 2.45) is 0 Å². The molecular formula is C21H27N5O3. The molecule has 2 amide bonds. The molecule has 1 aromatic heterocycles. The van der Waals surface area contributed by atoms with Crippen LogP contribution >= 0.6 is 0 Å². The van der Waals surface area contributed by atoms with Gasteiger partial charge in [0.2, 0.25) is 0 Å². The maximum absolute atomic E-state index is 11.9. The molecule has 29 heavy (non-hydrogen) atoms. The molecule has 154 valence electrons. The molecule has 2 heterocycles. The number of carbonyl (C=O) groups is 1. The van der Waals surface area contributed by atoms with Gasteiger partial charge in [-0.25, -0.2) is 14.8 Å². The van der Waals surface area contributed by atoms with E-state index >= 15 is 0 Å². The molecule has 1 atom stereocenters. The van der Waals surface area contributed by atoms with Crippen molar-refractivity contribution in [2.75, 3.05) is 37.1 Å². The first-order valence-corrected chi connectivity index (χ1v) is 10.0. The number of benzene rings is 1. The number of carbonyl (C=O) groups excluding carboxylic acids is 1. The second-order valence-corrected chi connectivity index (χ2v) is 7.54. The van der Waals surface area contributed by atoms with E-state index in [-0.39, 0.29) is 12.1 Å². The Labute approximate surface area is 170 Å². The molecule has 0 spiro atoms. The van der Waals surface area contributed by atoms with Crippen molar-refractivity contribution < 1.29 is 14.3 Å². The summed E-state index contributed by atoms with van der Waals surface area (Å²) < 4.78 is 10.8. The van der Waals surface area contributed by atoms with E-state index in [2.05, 4.69) is 27.4 Å². The molecule has 8 heteroatoms. The Morgan fingerprint density at radius 2 is 2.07 bits per heavy atom. The van der Waals surface area contributed by atoms with Gasteiger partial charge < -0.3 is 25.0 Å². The molecule has 2 fully saturated rings. The molecule has 2 aromatic rings. The van der Waals surface area contributed by atoms with E-state index in [9.17, 15) is 4.79 Å². The highest BCUT2D eigenvalue weighted by Gasteiger charge is 2.23. The zero-order valence-electron chi connectivity index (χ0n) is 16.9. The van der Waals surface area contributed by atoms with Gasteiger partial charge in [0.05, 0.1) is 31.6 Å². The second kappa shape index (κ2) is 8.75. The van der Waals surface area contributed by atoms with Gasteiger partial charge in [0, 0.05) is 37.0 Å². The van der Waals surface area contributed by atoms with Crippen LogP contribution in [0.3, 0.4) is 0 Å². The van der Waals surface area contributed by atoms with Crippen LogP contribution in [0, 0.1) is 0 Å². The summed E-state index contributed by atoms with van der Waals surface area (Å²) >= 11 is 0. The number of ether oxygens (including phenoxy) is 2. The average Bonchev–Trinajstić information content (AvgIpc) is 3.53. The third-order valence-corrected chi connectivity index (χ3v) is 5.03. The summed E-state index contributed by atoms with van der Waals surface area (Å²) in [5, 5.41) is 5.77. The number of hydrogen-bond acceptors (Lipinski definition) is 6. The molecule has 1 aliphatic carbocycles. The standard InChI is InChI=1S/C21H27N5O3/c1-14-12-29-10-9-26(14)19-11-18(13-28-2)22-20(25-19)15-3-5-16(6-4-15)23-21(27)24-17-7-8-17/h3-6,11,14,17H,7-10,12-13H2,1-2H3,(H2,23,24,27)/t14-/m0/s1. The van der Waals surface area contributed by atoms with Crippen molar-refractivity contribution in [3.63, 3.8) is 0 Å². The number of nitrogens with one attached hydrogen (secondary N) is 2. The van der Waals surface area contributed by atoms with Crippen LogP contribution in [-0.4, -0.2) is 55.0 Å². The Hall–Kier alpha value is -2.71. The van der Waals surface area contributed by atoms with E-state index in [1.165, 1.54) is 0 Å². The van der Waals surface area contributed by atoms with Crippen LogP contribution in [0.15, 0.2) is 30.3 Å². The monoisotopic (exact) mass is 397 g/mol. The van der Waals surface area contributed by atoms with Gasteiger partial charge >= 0.3 is 6.03 Å². The lowest BCUT2D eigenvalue weighted by Gasteiger charge is -2.34. The highest BCUT2D eigenvalue weighted by atomic mass is 16.5. The average molecular weight is 397 g/mol. The van der Waals surface area contributed by atoms with Crippen LogP contribution in [0.2, 0.25) is 0 Å². The van der Waals surface area contributed by atoms with Gasteiger partial charge in [0.25, 0.3) is 0 Å². The molecular weight excluding hydrogens is 370 g/mol. The van der Waals surface area contributed by atoms with E-state index in [1.54, 1.807) is 7.11 Å². The number of aromatic nitrogens is 2. The van der Waals surface area contributed by atoms with Crippen molar-refractivity contribution in [3.05, 3.63) is 36.0 Å². The molecule has 2 N–H and O–H groups in total. The minimum absolute atomic E-state index is 0.165. The summed E-state index contributed by atoms with van der Waals surface area (Å²) in [4.78, 5) is 23.6. The molecule has 0 radical (unpaired) electrons. The number of anilines is 2. The van der Waals surface area contributed by atoms with Crippen LogP contribution in [0.1, 0.15) is 25.5 Å². The topological polar surface area (TPSA) is 88.6 Å². The number of methoxy groups -OCH3 is 1. The maximum Gasteiger partial charge on any atom is 0.319 e. The molecule has 1 aliphatic heterocycles. The van der Waals surface area contributed by atoms with Gasteiger partial charge in [-0.15, -0.1) is 0 Å². The molecule has 1 saturated heterocycles. The molecule has 1 aromatic carbocycles. The number of hydrogen-bond donors (Lipinski definition) is 2. The maximum atomic E-state index is 11.9. The lowest BCUT2D eigenvalue weighted by atomic mass is 10.2. The Morgan fingerprint density at radius 1 is 1.28 bits per heavy atom. The summed E-state index contributed by atoms with van der Waals surface area (Å²) in [6.07, 6.45) is 2.12. The fourth-order valence-corrected chi connectivity index (χ4v) is 3.33. The molecule has 4 rings (SSSR count). The fraction of sp³-hybridized carbons (Fsp3) is 0.476. The van der Waals surface area contributed by atoms with Crippen molar-refractivity contribution in [1.29, 1.82) is 0 Å². The largest absolute Gasteiger partial charge is 0.378 e. The van der Waals surface area contributed by atoms with Gasteiger partial charge in [-0.2, -0.15) is 0 Å². The fourth-order valence-electron chi connectivity index (χ4n) is 3.33. The van der Waals surface area contributed by atoms with E-state index in [1.807, 2.05) is 30.3 Å². The first-order chi connectivity index (χ1) is 14.1.